The third-order valence-corrected chi connectivity index (χ3v) is 3.75. The Hall–Kier alpha value is -2.12. The molecule has 1 amide bonds. The van der Waals surface area contributed by atoms with Gasteiger partial charge in [-0.15, -0.1) is 11.3 Å². The summed E-state index contributed by atoms with van der Waals surface area (Å²) in [4.78, 5) is 16.3. The van der Waals surface area contributed by atoms with Crippen LogP contribution in [-0.2, 0) is 4.79 Å². The van der Waals surface area contributed by atoms with Gasteiger partial charge < -0.3 is 20.5 Å². The largest absolute Gasteiger partial charge is 0.493 e. The van der Waals surface area contributed by atoms with Gasteiger partial charge >= 0.3 is 0 Å². The summed E-state index contributed by atoms with van der Waals surface area (Å²) in [6, 6.07) is 5.54. The lowest BCUT2D eigenvalue weighted by Gasteiger charge is -2.16. The minimum absolute atomic E-state index is 0.277. The highest BCUT2D eigenvalue weighted by Crippen LogP contribution is 2.33. The van der Waals surface area contributed by atoms with Crippen molar-refractivity contribution in [1.82, 2.24) is 4.98 Å². The standard InChI is InChI=1S/C15H19N3O3S/c1-15(2,16)13(19)18-14-17-10(8-22-14)9-5-6-11(20-3)12(7-9)21-4/h5-8H,16H2,1-4H3,(H,17,18,19). The van der Waals surface area contributed by atoms with Gasteiger partial charge in [0.25, 0.3) is 0 Å². The minimum atomic E-state index is -0.949. The van der Waals surface area contributed by atoms with Crippen molar-refractivity contribution < 1.29 is 14.3 Å². The molecule has 1 heterocycles. The molecular weight excluding hydrogens is 302 g/mol. The molecule has 22 heavy (non-hydrogen) atoms. The maximum Gasteiger partial charge on any atom is 0.245 e. The fraction of sp³-hybridized carbons (Fsp3) is 0.333. The molecule has 2 rings (SSSR count). The molecule has 0 saturated heterocycles. The first kappa shape index (κ1) is 16.3. The number of rotatable bonds is 5. The van der Waals surface area contributed by atoms with E-state index in [0.29, 0.717) is 16.6 Å². The molecule has 6 nitrogen and oxygen atoms in total. The van der Waals surface area contributed by atoms with Crippen molar-refractivity contribution in [3.8, 4) is 22.8 Å². The number of aromatic nitrogens is 1. The van der Waals surface area contributed by atoms with E-state index >= 15 is 0 Å². The molecule has 0 radical (unpaired) electrons. The number of ether oxygens (including phenoxy) is 2. The third kappa shape index (κ3) is 3.55. The Kier molecular flexibility index (Phi) is 4.68. The van der Waals surface area contributed by atoms with E-state index in [2.05, 4.69) is 10.3 Å². The summed E-state index contributed by atoms with van der Waals surface area (Å²) in [6.07, 6.45) is 0. The average molecular weight is 321 g/mol. The third-order valence-electron chi connectivity index (χ3n) is 2.99. The lowest BCUT2D eigenvalue weighted by Crippen LogP contribution is -2.45. The molecule has 0 aliphatic rings. The zero-order valence-corrected chi connectivity index (χ0v) is 13.8. The predicted molar refractivity (Wildman–Crippen MR) is 87.6 cm³/mol. The number of nitrogens with one attached hydrogen (secondary N) is 1. The number of carbonyl (C=O) groups excluding carboxylic acids is 1. The van der Waals surface area contributed by atoms with Crippen LogP contribution in [0, 0.1) is 0 Å². The number of anilines is 1. The van der Waals surface area contributed by atoms with E-state index < -0.39 is 5.54 Å². The van der Waals surface area contributed by atoms with Crippen LogP contribution in [0.4, 0.5) is 5.13 Å². The SMILES string of the molecule is COc1ccc(-c2csc(NC(=O)C(C)(C)N)n2)cc1OC. The van der Waals surface area contributed by atoms with E-state index in [1.165, 1.54) is 11.3 Å². The van der Waals surface area contributed by atoms with Crippen LogP contribution in [0.15, 0.2) is 23.6 Å². The molecular formula is C15H19N3O3S. The van der Waals surface area contributed by atoms with Crippen molar-refractivity contribution >= 4 is 22.4 Å². The lowest BCUT2D eigenvalue weighted by atomic mass is 10.1. The maximum absolute atomic E-state index is 11.9. The number of methoxy groups -OCH3 is 2. The molecule has 1 aromatic heterocycles. The van der Waals surface area contributed by atoms with Crippen LogP contribution >= 0.6 is 11.3 Å². The molecule has 0 atom stereocenters. The first-order chi connectivity index (χ1) is 10.3. The van der Waals surface area contributed by atoms with Gasteiger partial charge in [-0.2, -0.15) is 0 Å². The number of nitrogens with zero attached hydrogens (tertiary/aromatic N) is 1. The van der Waals surface area contributed by atoms with Gasteiger partial charge in [0.15, 0.2) is 16.6 Å². The van der Waals surface area contributed by atoms with Crippen LogP contribution in [-0.4, -0.2) is 30.6 Å². The van der Waals surface area contributed by atoms with Gasteiger partial charge in [0.2, 0.25) is 5.91 Å². The normalized spacial score (nSPS) is 11.1. The molecule has 0 aliphatic heterocycles. The molecule has 7 heteroatoms. The molecule has 0 aliphatic carbocycles. The van der Waals surface area contributed by atoms with Crippen LogP contribution in [0.5, 0.6) is 11.5 Å². The van der Waals surface area contributed by atoms with E-state index in [1.54, 1.807) is 28.1 Å². The van der Waals surface area contributed by atoms with Crippen molar-refractivity contribution in [2.45, 2.75) is 19.4 Å². The van der Waals surface area contributed by atoms with E-state index in [9.17, 15) is 4.79 Å². The van der Waals surface area contributed by atoms with Gasteiger partial charge in [0.05, 0.1) is 25.5 Å². The number of hydrogen-bond acceptors (Lipinski definition) is 6. The summed E-state index contributed by atoms with van der Waals surface area (Å²) in [5.74, 6) is 1.00. The maximum atomic E-state index is 11.9. The van der Waals surface area contributed by atoms with Crippen molar-refractivity contribution in [2.24, 2.45) is 5.73 Å². The average Bonchev–Trinajstić information content (AvgIpc) is 2.94. The molecule has 0 bridgehead atoms. The van der Waals surface area contributed by atoms with Crippen LogP contribution < -0.4 is 20.5 Å². The highest BCUT2D eigenvalue weighted by atomic mass is 32.1. The number of carbonyl (C=O) groups is 1. The van der Waals surface area contributed by atoms with Gasteiger partial charge in [-0.1, -0.05) is 0 Å². The molecule has 1 aromatic carbocycles. The van der Waals surface area contributed by atoms with E-state index in [-0.39, 0.29) is 5.91 Å². The van der Waals surface area contributed by atoms with E-state index in [0.717, 1.165) is 11.3 Å². The van der Waals surface area contributed by atoms with Gasteiger partial charge in [-0.05, 0) is 32.0 Å². The first-order valence-electron chi connectivity index (χ1n) is 6.63. The fourth-order valence-electron chi connectivity index (χ4n) is 1.72. The predicted octanol–water partition coefficient (Wildman–Crippen LogP) is 2.50. The van der Waals surface area contributed by atoms with Crippen LogP contribution in [0.2, 0.25) is 0 Å². The second-order valence-electron chi connectivity index (χ2n) is 5.28. The fourth-order valence-corrected chi connectivity index (χ4v) is 2.43. The Bertz CT molecular complexity index is 677. The van der Waals surface area contributed by atoms with Gasteiger partial charge in [-0.25, -0.2) is 4.98 Å². The van der Waals surface area contributed by atoms with Crippen molar-refractivity contribution in [1.29, 1.82) is 0 Å². The summed E-state index contributed by atoms with van der Waals surface area (Å²) in [5.41, 5.74) is 6.42. The highest BCUT2D eigenvalue weighted by Gasteiger charge is 2.22. The topological polar surface area (TPSA) is 86.5 Å². The number of hydrogen-bond donors (Lipinski definition) is 2. The second-order valence-corrected chi connectivity index (χ2v) is 6.14. The summed E-state index contributed by atoms with van der Waals surface area (Å²) >= 11 is 1.34. The van der Waals surface area contributed by atoms with E-state index in [1.807, 2.05) is 23.6 Å². The Morgan fingerprint density at radius 1 is 1.27 bits per heavy atom. The Morgan fingerprint density at radius 3 is 2.55 bits per heavy atom. The summed E-state index contributed by atoms with van der Waals surface area (Å²) < 4.78 is 10.5. The first-order valence-corrected chi connectivity index (χ1v) is 7.51. The monoisotopic (exact) mass is 321 g/mol. The molecule has 0 spiro atoms. The molecule has 118 valence electrons. The Morgan fingerprint density at radius 2 is 1.95 bits per heavy atom. The van der Waals surface area contributed by atoms with Crippen LogP contribution in [0.3, 0.4) is 0 Å². The quantitative estimate of drug-likeness (QED) is 0.883. The van der Waals surface area contributed by atoms with Crippen molar-refractivity contribution in [3.63, 3.8) is 0 Å². The zero-order valence-electron chi connectivity index (χ0n) is 13.0. The molecule has 3 N–H and O–H groups in total. The lowest BCUT2D eigenvalue weighted by molar-refractivity contribution is -0.120. The van der Waals surface area contributed by atoms with Gasteiger partial charge in [0.1, 0.15) is 0 Å². The summed E-state index contributed by atoms with van der Waals surface area (Å²) in [6.45, 7) is 3.29. The number of amides is 1. The van der Waals surface area contributed by atoms with Crippen molar-refractivity contribution in [3.05, 3.63) is 23.6 Å². The van der Waals surface area contributed by atoms with E-state index in [4.69, 9.17) is 15.2 Å². The number of benzene rings is 1. The minimum Gasteiger partial charge on any atom is -0.493 e. The zero-order chi connectivity index (χ0) is 16.3. The van der Waals surface area contributed by atoms with Crippen LogP contribution in [0.1, 0.15) is 13.8 Å². The Balaban J connectivity index is 2.23. The summed E-state index contributed by atoms with van der Waals surface area (Å²) in [7, 11) is 3.17. The molecule has 0 saturated carbocycles. The van der Waals surface area contributed by atoms with Crippen LogP contribution in [0.25, 0.3) is 11.3 Å². The smallest absolute Gasteiger partial charge is 0.245 e. The Labute approximate surface area is 133 Å². The summed E-state index contributed by atoms with van der Waals surface area (Å²) in [5, 5.41) is 5.08. The number of thiazole rings is 1. The van der Waals surface area contributed by atoms with Gasteiger partial charge in [0, 0.05) is 10.9 Å². The number of nitrogens with two attached hydrogens (primary N) is 1. The molecule has 0 fully saturated rings. The van der Waals surface area contributed by atoms with Crippen molar-refractivity contribution in [2.75, 3.05) is 19.5 Å². The second kappa shape index (κ2) is 6.33. The molecule has 0 unspecified atom stereocenters. The molecule has 2 aromatic rings. The highest BCUT2D eigenvalue weighted by molar-refractivity contribution is 7.14. The van der Waals surface area contributed by atoms with Gasteiger partial charge in [-0.3, -0.25) is 4.79 Å².